The third-order valence-corrected chi connectivity index (χ3v) is 4.56. The molecule has 0 amide bonds. The van der Waals surface area contributed by atoms with Gasteiger partial charge in [0.1, 0.15) is 16.4 Å². The molecule has 0 saturated heterocycles. The molecule has 0 aliphatic heterocycles. The molecule has 0 saturated carbocycles. The van der Waals surface area contributed by atoms with Gasteiger partial charge >= 0.3 is 0 Å². The van der Waals surface area contributed by atoms with Crippen molar-refractivity contribution in [2.75, 3.05) is 33.9 Å². The molecule has 0 fully saturated rings. The maximum absolute atomic E-state index is 12.6. The summed E-state index contributed by atoms with van der Waals surface area (Å²) in [7, 11) is -0.958. The van der Waals surface area contributed by atoms with Crippen LogP contribution in [-0.2, 0) is 10.0 Å². The Bertz CT molecular complexity index is 556. The molecule has 112 valence electrons. The van der Waals surface area contributed by atoms with Crippen LogP contribution in [0.3, 0.4) is 0 Å². The van der Waals surface area contributed by atoms with Crippen LogP contribution in [0.1, 0.15) is 0 Å². The van der Waals surface area contributed by atoms with Crippen LogP contribution in [0.2, 0.25) is 0 Å². The number of hydrogen-bond acceptors (Lipinski definition) is 5. The Labute approximate surface area is 119 Å². The van der Waals surface area contributed by atoms with Gasteiger partial charge in [0.25, 0.3) is 0 Å². The van der Waals surface area contributed by atoms with Crippen LogP contribution >= 0.6 is 0 Å². The van der Waals surface area contributed by atoms with Crippen LogP contribution in [0.15, 0.2) is 35.7 Å². The summed E-state index contributed by atoms with van der Waals surface area (Å²) in [6.07, 6.45) is 1.46. The van der Waals surface area contributed by atoms with Gasteiger partial charge in [-0.2, -0.15) is 4.31 Å². The van der Waals surface area contributed by atoms with Crippen LogP contribution in [0.4, 0.5) is 0 Å². The van der Waals surface area contributed by atoms with E-state index in [1.165, 1.54) is 32.4 Å². The lowest BCUT2D eigenvalue weighted by Crippen LogP contribution is -2.34. The lowest BCUT2D eigenvalue weighted by molar-refractivity contribution is 0.260. The average Bonchev–Trinajstić information content (AvgIpc) is 2.46. The van der Waals surface area contributed by atoms with Crippen LogP contribution in [-0.4, -0.2) is 51.7 Å². The molecule has 0 radical (unpaired) electrons. The molecule has 0 aliphatic carbocycles. The molecule has 7 heteroatoms. The molecule has 0 atom stereocenters. The van der Waals surface area contributed by atoms with E-state index in [0.29, 0.717) is 5.75 Å². The van der Waals surface area contributed by atoms with E-state index in [0.717, 1.165) is 4.31 Å². The number of aliphatic hydroxyl groups is 1. The first-order valence-electron chi connectivity index (χ1n) is 5.95. The molecule has 0 aliphatic rings. The van der Waals surface area contributed by atoms with Gasteiger partial charge in [-0.3, -0.25) is 0 Å². The van der Waals surface area contributed by atoms with E-state index in [1.54, 1.807) is 6.07 Å². The zero-order valence-electron chi connectivity index (χ0n) is 11.6. The maximum atomic E-state index is 12.6. The molecule has 1 rings (SSSR count). The first kappa shape index (κ1) is 16.5. The minimum atomic E-state index is -3.80. The van der Waals surface area contributed by atoms with Crippen molar-refractivity contribution in [3.63, 3.8) is 0 Å². The minimum Gasteiger partial charge on any atom is -0.497 e. The smallest absolute Gasteiger partial charge is 0.247 e. The summed E-state index contributed by atoms with van der Waals surface area (Å²) in [5.74, 6) is 0.629. The van der Waals surface area contributed by atoms with Gasteiger partial charge in [0.2, 0.25) is 10.0 Å². The Kier molecular flexibility index (Phi) is 6.00. The highest BCUT2D eigenvalue weighted by atomic mass is 32.2. The van der Waals surface area contributed by atoms with E-state index in [1.807, 2.05) is 0 Å². The van der Waals surface area contributed by atoms with Crippen LogP contribution in [0.25, 0.3) is 0 Å². The van der Waals surface area contributed by atoms with Crippen molar-refractivity contribution >= 4 is 10.0 Å². The molecule has 0 unspecified atom stereocenters. The molecular weight excluding hydrogens is 282 g/mol. The molecule has 1 aromatic rings. The lowest BCUT2D eigenvalue weighted by atomic mass is 10.3. The molecule has 6 nitrogen and oxygen atoms in total. The third kappa shape index (κ3) is 3.50. The summed E-state index contributed by atoms with van der Waals surface area (Å²) in [6, 6.07) is 4.53. The Morgan fingerprint density at radius 2 is 2.05 bits per heavy atom. The van der Waals surface area contributed by atoms with Crippen LogP contribution < -0.4 is 9.47 Å². The summed E-state index contributed by atoms with van der Waals surface area (Å²) in [4.78, 5) is -0.00495. The number of ether oxygens (including phenoxy) is 2. The van der Waals surface area contributed by atoms with E-state index in [-0.39, 0.29) is 30.3 Å². The van der Waals surface area contributed by atoms with Gasteiger partial charge < -0.3 is 14.6 Å². The van der Waals surface area contributed by atoms with Gasteiger partial charge in [-0.05, 0) is 12.1 Å². The number of hydrogen-bond donors (Lipinski definition) is 1. The van der Waals surface area contributed by atoms with Gasteiger partial charge in [-0.1, -0.05) is 6.08 Å². The lowest BCUT2D eigenvalue weighted by Gasteiger charge is -2.21. The first-order valence-corrected chi connectivity index (χ1v) is 7.39. The van der Waals surface area contributed by atoms with Crippen molar-refractivity contribution in [3.05, 3.63) is 30.9 Å². The number of aliphatic hydroxyl groups excluding tert-OH is 1. The summed E-state index contributed by atoms with van der Waals surface area (Å²) in [5, 5.41) is 9.00. The fraction of sp³-hybridized carbons (Fsp3) is 0.385. The molecule has 0 bridgehead atoms. The fourth-order valence-corrected chi connectivity index (χ4v) is 3.26. The Hall–Kier alpha value is -1.57. The van der Waals surface area contributed by atoms with Crippen molar-refractivity contribution in [1.82, 2.24) is 4.31 Å². The minimum absolute atomic E-state index is 0.00495. The third-order valence-electron chi connectivity index (χ3n) is 2.67. The zero-order valence-corrected chi connectivity index (χ0v) is 12.4. The molecule has 0 aromatic heterocycles. The average molecular weight is 301 g/mol. The Morgan fingerprint density at radius 3 is 2.55 bits per heavy atom. The number of benzene rings is 1. The van der Waals surface area contributed by atoms with Crippen molar-refractivity contribution in [2.24, 2.45) is 0 Å². The fourth-order valence-electron chi connectivity index (χ4n) is 1.69. The molecular formula is C13H19NO5S. The highest BCUT2D eigenvalue weighted by Crippen LogP contribution is 2.30. The van der Waals surface area contributed by atoms with Crippen molar-refractivity contribution in [3.8, 4) is 11.5 Å². The van der Waals surface area contributed by atoms with E-state index in [4.69, 9.17) is 14.6 Å². The molecule has 0 spiro atoms. The van der Waals surface area contributed by atoms with Gasteiger partial charge in [-0.15, -0.1) is 6.58 Å². The number of sulfonamides is 1. The van der Waals surface area contributed by atoms with E-state index < -0.39 is 10.0 Å². The summed E-state index contributed by atoms with van der Waals surface area (Å²) in [5.41, 5.74) is 0. The SMILES string of the molecule is C=CCN(CCO)S(=O)(=O)c1cc(OC)ccc1OC. The highest BCUT2D eigenvalue weighted by Gasteiger charge is 2.27. The van der Waals surface area contributed by atoms with Crippen LogP contribution in [0, 0.1) is 0 Å². The van der Waals surface area contributed by atoms with Gasteiger partial charge in [0, 0.05) is 19.2 Å². The zero-order chi connectivity index (χ0) is 15.2. The second-order valence-corrected chi connectivity index (χ2v) is 5.80. The topological polar surface area (TPSA) is 76.1 Å². The molecule has 1 aromatic carbocycles. The highest BCUT2D eigenvalue weighted by molar-refractivity contribution is 7.89. The van der Waals surface area contributed by atoms with E-state index in [9.17, 15) is 8.42 Å². The number of rotatable bonds is 8. The second kappa shape index (κ2) is 7.28. The van der Waals surface area contributed by atoms with Gasteiger partial charge in [-0.25, -0.2) is 8.42 Å². The molecule has 20 heavy (non-hydrogen) atoms. The number of nitrogens with zero attached hydrogens (tertiary/aromatic N) is 1. The normalized spacial score (nSPS) is 11.4. The Morgan fingerprint density at radius 1 is 1.35 bits per heavy atom. The Balaban J connectivity index is 3.34. The quantitative estimate of drug-likeness (QED) is 0.721. The first-order chi connectivity index (χ1) is 9.51. The predicted molar refractivity (Wildman–Crippen MR) is 75.6 cm³/mol. The monoisotopic (exact) mass is 301 g/mol. The summed E-state index contributed by atoms with van der Waals surface area (Å²) in [6.45, 7) is 3.33. The van der Waals surface area contributed by atoms with Gasteiger partial charge in [0.05, 0.1) is 20.8 Å². The predicted octanol–water partition coefficient (Wildman–Crippen LogP) is 0.873. The number of methoxy groups -OCH3 is 2. The van der Waals surface area contributed by atoms with Crippen molar-refractivity contribution < 1.29 is 23.0 Å². The maximum Gasteiger partial charge on any atom is 0.247 e. The summed E-state index contributed by atoms with van der Waals surface area (Å²) < 4.78 is 36.4. The standard InChI is InChI=1S/C13H19NO5S/c1-4-7-14(8-9-15)20(16,17)13-10-11(18-2)5-6-12(13)19-3/h4-6,10,15H,1,7-9H2,2-3H3. The van der Waals surface area contributed by atoms with Crippen molar-refractivity contribution in [2.45, 2.75) is 4.90 Å². The molecule has 0 heterocycles. The summed E-state index contributed by atoms with van der Waals surface area (Å²) >= 11 is 0. The van der Waals surface area contributed by atoms with Crippen LogP contribution in [0.5, 0.6) is 11.5 Å². The molecule has 1 N–H and O–H groups in total. The van der Waals surface area contributed by atoms with E-state index >= 15 is 0 Å². The largest absolute Gasteiger partial charge is 0.497 e. The van der Waals surface area contributed by atoms with E-state index in [2.05, 4.69) is 6.58 Å². The van der Waals surface area contributed by atoms with Gasteiger partial charge in [0.15, 0.2) is 0 Å². The second-order valence-electron chi connectivity index (χ2n) is 3.89. The van der Waals surface area contributed by atoms with Crippen molar-refractivity contribution in [1.29, 1.82) is 0 Å².